The lowest BCUT2D eigenvalue weighted by molar-refractivity contribution is -0.117. The van der Waals surface area contributed by atoms with Crippen LogP contribution in [0.1, 0.15) is 15.9 Å². The molecule has 0 fully saturated rings. The number of hydrogen-bond donors (Lipinski definition) is 1. The Labute approximate surface area is 135 Å². The number of benzene rings is 2. The molecule has 1 amide bonds. The van der Waals surface area contributed by atoms with Gasteiger partial charge in [-0.1, -0.05) is 30.3 Å². The predicted molar refractivity (Wildman–Crippen MR) is 89.3 cm³/mol. The molecule has 23 heavy (non-hydrogen) atoms. The molecule has 2 rings (SSSR count). The Morgan fingerprint density at radius 2 is 1.70 bits per heavy atom. The van der Waals surface area contributed by atoms with E-state index in [0.29, 0.717) is 5.56 Å². The fourth-order valence-corrected chi connectivity index (χ4v) is 2.04. The highest BCUT2D eigenvalue weighted by atomic mass is 16.5. The number of ether oxygens (including phenoxy) is 1. The smallest absolute Gasteiger partial charge is 0.338 e. The maximum Gasteiger partial charge on any atom is 0.338 e. The summed E-state index contributed by atoms with van der Waals surface area (Å²) in [5.74, 6) is -0.434. The van der Waals surface area contributed by atoms with E-state index in [1.807, 2.05) is 30.3 Å². The Hall–Kier alpha value is -2.66. The molecule has 0 bridgehead atoms. The van der Waals surface area contributed by atoms with Gasteiger partial charge in [0.1, 0.15) is 6.61 Å². The standard InChI is InChI=1S/C18H20N2O3/c1-19-12-17(21)20(2)16-10-8-15(9-11-16)18(22)23-13-14-6-4-3-5-7-14/h3-11,19H,12-13H2,1-2H3. The molecule has 2 aromatic rings. The lowest BCUT2D eigenvalue weighted by atomic mass is 10.2. The summed E-state index contributed by atoms with van der Waals surface area (Å²) in [6, 6.07) is 16.3. The summed E-state index contributed by atoms with van der Waals surface area (Å²) in [6.45, 7) is 0.499. The van der Waals surface area contributed by atoms with Crippen LogP contribution in [0.15, 0.2) is 54.6 Å². The van der Waals surface area contributed by atoms with E-state index in [0.717, 1.165) is 11.3 Å². The van der Waals surface area contributed by atoms with Crippen LogP contribution in [0.5, 0.6) is 0 Å². The zero-order valence-electron chi connectivity index (χ0n) is 13.3. The minimum absolute atomic E-state index is 0.0492. The van der Waals surface area contributed by atoms with Crippen molar-refractivity contribution < 1.29 is 14.3 Å². The van der Waals surface area contributed by atoms with Crippen molar-refractivity contribution in [2.45, 2.75) is 6.61 Å². The van der Waals surface area contributed by atoms with Gasteiger partial charge in [0, 0.05) is 12.7 Å². The number of carbonyl (C=O) groups excluding carboxylic acids is 2. The summed E-state index contributed by atoms with van der Waals surface area (Å²) in [5, 5.41) is 2.81. The Balaban J connectivity index is 1.96. The molecule has 2 aromatic carbocycles. The Morgan fingerprint density at radius 1 is 1.04 bits per heavy atom. The van der Waals surface area contributed by atoms with E-state index in [4.69, 9.17) is 4.74 Å². The summed E-state index contributed by atoms with van der Waals surface area (Å²) in [6.07, 6.45) is 0. The molecule has 1 N–H and O–H groups in total. The van der Waals surface area contributed by atoms with Crippen molar-refractivity contribution in [3.8, 4) is 0 Å². The van der Waals surface area contributed by atoms with Gasteiger partial charge in [0.25, 0.3) is 0 Å². The van der Waals surface area contributed by atoms with Gasteiger partial charge in [-0.3, -0.25) is 4.79 Å². The minimum atomic E-state index is -0.385. The van der Waals surface area contributed by atoms with Crippen molar-refractivity contribution >= 4 is 17.6 Å². The van der Waals surface area contributed by atoms with Crippen LogP contribution in [0, 0.1) is 0 Å². The van der Waals surface area contributed by atoms with E-state index in [1.165, 1.54) is 4.90 Å². The lowest BCUT2D eigenvalue weighted by Crippen LogP contribution is -2.34. The first-order valence-electron chi connectivity index (χ1n) is 7.34. The summed E-state index contributed by atoms with van der Waals surface area (Å²) in [4.78, 5) is 25.4. The van der Waals surface area contributed by atoms with Crippen molar-refractivity contribution in [1.29, 1.82) is 0 Å². The van der Waals surface area contributed by atoms with E-state index in [2.05, 4.69) is 5.32 Å². The first kappa shape index (κ1) is 16.7. The number of hydrogen-bond acceptors (Lipinski definition) is 4. The Kier molecular flexibility index (Phi) is 5.88. The van der Waals surface area contributed by atoms with Crippen LogP contribution in [0.25, 0.3) is 0 Å². The van der Waals surface area contributed by atoms with Gasteiger partial charge in [0.2, 0.25) is 5.91 Å². The van der Waals surface area contributed by atoms with Crippen LogP contribution in [0.2, 0.25) is 0 Å². The molecule has 0 radical (unpaired) electrons. The second-order valence-electron chi connectivity index (χ2n) is 5.09. The summed E-state index contributed by atoms with van der Waals surface area (Å²) in [5.41, 5.74) is 2.12. The first-order valence-corrected chi connectivity index (χ1v) is 7.34. The van der Waals surface area contributed by atoms with Crippen molar-refractivity contribution in [2.75, 3.05) is 25.5 Å². The number of carbonyl (C=O) groups is 2. The molecule has 0 aliphatic heterocycles. The van der Waals surface area contributed by atoms with E-state index >= 15 is 0 Å². The van der Waals surface area contributed by atoms with Crippen molar-refractivity contribution in [3.63, 3.8) is 0 Å². The fourth-order valence-electron chi connectivity index (χ4n) is 2.04. The summed E-state index contributed by atoms with van der Waals surface area (Å²) >= 11 is 0. The van der Waals surface area contributed by atoms with Gasteiger partial charge >= 0.3 is 5.97 Å². The fraction of sp³-hybridized carbons (Fsp3) is 0.222. The van der Waals surface area contributed by atoms with Crippen LogP contribution in [-0.4, -0.2) is 32.5 Å². The van der Waals surface area contributed by atoms with Gasteiger partial charge in [-0.15, -0.1) is 0 Å². The van der Waals surface area contributed by atoms with Gasteiger partial charge in [-0.25, -0.2) is 4.79 Å². The quantitative estimate of drug-likeness (QED) is 0.831. The van der Waals surface area contributed by atoms with Gasteiger partial charge in [0.15, 0.2) is 0 Å². The zero-order chi connectivity index (χ0) is 16.7. The molecule has 5 nitrogen and oxygen atoms in total. The third kappa shape index (κ3) is 4.66. The molecule has 0 unspecified atom stereocenters. The third-order valence-electron chi connectivity index (χ3n) is 3.41. The molecule has 0 heterocycles. The van der Waals surface area contributed by atoms with Crippen LogP contribution in [-0.2, 0) is 16.1 Å². The number of nitrogens with zero attached hydrogens (tertiary/aromatic N) is 1. The molecular weight excluding hydrogens is 292 g/mol. The minimum Gasteiger partial charge on any atom is -0.457 e. The molecular formula is C18H20N2O3. The molecule has 0 spiro atoms. The second-order valence-corrected chi connectivity index (χ2v) is 5.09. The monoisotopic (exact) mass is 312 g/mol. The van der Waals surface area contributed by atoms with Crippen molar-refractivity contribution in [3.05, 3.63) is 65.7 Å². The van der Waals surface area contributed by atoms with Gasteiger partial charge < -0.3 is 15.0 Å². The number of likely N-dealkylation sites (N-methyl/N-ethyl adjacent to an activating group) is 2. The average Bonchev–Trinajstić information content (AvgIpc) is 2.60. The maximum absolute atomic E-state index is 12.0. The van der Waals surface area contributed by atoms with E-state index in [-0.39, 0.29) is 25.0 Å². The number of rotatable bonds is 6. The van der Waals surface area contributed by atoms with Crippen LogP contribution < -0.4 is 10.2 Å². The molecule has 0 aromatic heterocycles. The first-order chi connectivity index (χ1) is 11.1. The largest absolute Gasteiger partial charge is 0.457 e. The summed E-state index contributed by atoms with van der Waals surface area (Å²) in [7, 11) is 3.42. The summed E-state index contributed by atoms with van der Waals surface area (Å²) < 4.78 is 5.27. The lowest BCUT2D eigenvalue weighted by Gasteiger charge is -2.17. The number of amides is 1. The number of nitrogens with one attached hydrogen (secondary N) is 1. The van der Waals surface area contributed by atoms with Crippen LogP contribution in [0.4, 0.5) is 5.69 Å². The highest BCUT2D eigenvalue weighted by Crippen LogP contribution is 2.15. The highest BCUT2D eigenvalue weighted by molar-refractivity contribution is 5.95. The Morgan fingerprint density at radius 3 is 2.30 bits per heavy atom. The molecule has 5 heteroatoms. The second kappa shape index (κ2) is 8.10. The predicted octanol–water partition coefficient (Wildman–Crippen LogP) is 2.23. The van der Waals surface area contributed by atoms with Gasteiger partial charge in [-0.05, 0) is 36.9 Å². The molecule has 0 aliphatic carbocycles. The average molecular weight is 312 g/mol. The Bertz CT molecular complexity index is 654. The van der Waals surface area contributed by atoms with Crippen molar-refractivity contribution in [1.82, 2.24) is 5.32 Å². The molecule has 0 aliphatic rings. The third-order valence-corrected chi connectivity index (χ3v) is 3.41. The van der Waals surface area contributed by atoms with Crippen molar-refractivity contribution in [2.24, 2.45) is 0 Å². The van der Waals surface area contributed by atoms with E-state index in [1.54, 1.807) is 38.4 Å². The van der Waals surface area contributed by atoms with Gasteiger partial charge in [-0.2, -0.15) is 0 Å². The SMILES string of the molecule is CNCC(=O)N(C)c1ccc(C(=O)OCc2ccccc2)cc1. The van der Waals surface area contributed by atoms with Crippen LogP contribution in [0.3, 0.4) is 0 Å². The van der Waals surface area contributed by atoms with Crippen LogP contribution >= 0.6 is 0 Å². The highest BCUT2D eigenvalue weighted by Gasteiger charge is 2.12. The number of esters is 1. The molecule has 120 valence electrons. The molecule has 0 atom stereocenters. The van der Waals surface area contributed by atoms with E-state index in [9.17, 15) is 9.59 Å². The van der Waals surface area contributed by atoms with E-state index < -0.39 is 0 Å². The normalized spacial score (nSPS) is 10.2. The molecule has 0 saturated heterocycles. The zero-order valence-corrected chi connectivity index (χ0v) is 13.3. The molecule has 0 saturated carbocycles. The topological polar surface area (TPSA) is 58.6 Å². The maximum atomic E-state index is 12.0. The van der Waals surface area contributed by atoms with Gasteiger partial charge in [0.05, 0.1) is 12.1 Å². The number of anilines is 1.